The van der Waals surface area contributed by atoms with E-state index >= 15 is 0 Å². The van der Waals surface area contributed by atoms with E-state index in [9.17, 15) is 14.4 Å². The minimum atomic E-state index is -0.565. The molecule has 11 heteroatoms. The second-order valence-electron chi connectivity index (χ2n) is 10.3. The molecule has 0 bridgehead atoms. The molecule has 0 radical (unpaired) electrons. The number of amides is 2. The van der Waals surface area contributed by atoms with Gasteiger partial charge in [-0.05, 0) is 77.4 Å². The monoisotopic (exact) mass is 587 g/mol. The highest BCUT2D eigenvalue weighted by Crippen LogP contribution is 2.50. The molecule has 1 aliphatic heterocycles. The number of pyridine rings is 1. The maximum absolute atomic E-state index is 13.6. The Hall–Kier alpha value is -3.99. The van der Waals surface area contributed by atoms with Crippen LogP contribution in [0.15, 0.2) is 47.3 Å². The summed E-state index contributed by atoms with van der Waals surface area (Å²) in [4.78, 5) is 53.9. The van der Waals surface area contributed by atoms with E-state index in [1.807, 2.05) is 44.2 Å². The standard InChI is InChI=1S/C28H26BrN7O3/c1-14-4-7-23(29)32-27(14)33-28(39)26-20-9-18(20)12-35(26)24(38)13-36-22-6-5-17(19-10-30-16(3)31-11-19)8-21(22)25(34-36)15(2)37/h4-8,10-11,18,20,26H,9,12-13H2,1-3H3,(H,32,33,39)/t18-,20-,26-/m0/s1. The van der Waals surface area contributed by atoms with Crippen LogP contribution in [0.3, 0.4) is 0 Å². The third-order valence-corrected chi connectivity index (χ3v) is 7.97. The average molecular weight is 588 g/mol. The fraction of sp³-hybridized carbons (Fsp3) is 0.321. The summed E-state index contributed by atoms with van der Waals surface area (Å²) in [6.07, 6.45) is 4.40. The molecule has 3 aromatic heterocycles. The van der Waals surface area contributed by atoms with Crippen LogP contribution in [0.2, 0.25) is 0 Å². The lowest BCUT2D eigenvalue weighted by atomic mass is 10.0. The summed E-state index contributed by atoms with van der Waals surface area (Å²) in [6.45, 7) is 5.61. The molecule has 3 atom stereocenters. The zero-order valence-electron chi connectivity index (χ0n) is 21.7. The summed E-state index contributed by atoms with van der Waals surface area (Å²) in [6, 6.07) is 8.75. The van der Waals surface area contributed by atoms with E-state index in [-0.39, 0.29) is 30.1 Å². The van der Waals surface area contributed by atoms with Crippen molar-refractivity contribution in [3.8, 4) is 11.1 Å². The second-order valence-corrected chi connectivity index (χ2v) is 11.1. The van der Waals surface area contributed by atoms with Gasteiger partial charge in [0.05, 0.1) is 5.52 Å². The Morgan fingerprint density at radius 2 is 1.85 bits per heavy atom. The number of ketones is 1. The summed E-state index contributed by atoms with van der Waals surface area (Å²) >= 11 is 3.35. The Labute approximate surface area is 233 Å². The highest BCUT2D eigenvalue weighted by atomic mass is 79.9. The molecule has 198 valence electrons. The van der Waals surface area contributed by atoms with Crippen molar-refractivity contribution in [3.63, 3.8) is 0 Å². The molecule has 4 heterocycles. The number of anilines is 1. The summed E-state index contributed by atoms with van der Waals surface area (Å²) in [5.41, 5.74) is 3.48. The average Bonchev–Trinajstić information content (AvgIpc) is 3.41. The molecule has 1 saturated carbocycles. The van der Waals surface area contributed by atoms with Gasteiger partial charge in [-0.2, -0.15) is 5.10 Å². The van der Waals surface area contributed by atoms with Gasteiger partial charge in [0.1, 0.15) is 34.5 Å². The highest BCUT2D eigenvalue weighted by Gasteiger charge is 2.56. The minimum absolute atomic E-state index is 0.0752. The van der Waals surface area contributed by atoms with Gasteiger partial charge in [-0.3, -0.25) is 19.1 Å². The van der Waals surface area contributed by atoms with E-state index in [2.05, 4.69) is 41.3 Å². The quantitative estimate of drug-likeness (QED) is 0.267. The predicted octanol–water partition coefficient (Wildman–Crippen LogP) is 3.96. The summed E-state index contributed by atoms with van der Waals surface area (Å²) in [5, 5.41) is 8.09. The van der Waals surface area contributed by atoms with Crippen molar-refractivity contribution in [1.29, 1.82) is 0 Å². The Kier molecular flexibility index (Phi) is 6.25. The van der Waals surface area contributed by atoms with Gasteiger partial charge >= 0.3 is 0 Å². The Bertz CT molecular complexity index is 1650. The van der Waals surface area contributed by atoms with Gasteiger partial charge in [-0.1, -0.05) is 12.1 Å². The number of hydrogen-bond donors (Lipinski definition) is 1. The zero-order valence-corrected chi connectivity index (χ0v) is 23.3. The molecule has 6 rings (SSSR count). The number of nitrogens with one attached hydrogen (secondary N) is 1. The SMILES string of the molecule is CC(=O)c1nn(CC(=O)N2C[C@@H]3C[C@@H]3[C@H]2C(=O)Nc2nc(Br)ccc2C)c2ccc(-c3cnc(C)nc3)cc12. The van der Waals surface area contributed by atoms with Crippen LogP contribution in [0.1, 0.15) is 35.2 Å². The number of fused-ring (bicyclic) bond motifs is 2. The first kappa shape index (κ1) is 25.3. The number of carbonyl (C=O) groups excluding carboxylic acids is 3. The smallest absolute Gasteiger partial charge is 0.248 e. The molecule has 2 aliphatic rings. The number of rotatable bonds is 6. The Morgan fingerprint density at radius 1 is 1.08 bits per heavy atom. The van der Waals surface area contributed by atoms with Crippen molar-refractivity contribution in [2.24, 2.45) is 11.8 Å². The van der Waals surface area contributed by atoms with Crippen LogP contribution in [-0.2, 0) is 16.1 Å². The van der Waals surface area contributed by atoms with Crippen molar-refractivity contribution in [2.45, 2.75) is 39.8 Å². The van der Waals surface area contributed by atoms with Crippen molar-refractivity contribution in [1.82, 2.24) is 29.6 Å². The molecule has 39 heavy (non-hydrogen) atoms. The van der Waals surface area contributed by atoms with Gasteiger partial charge in [0.2, 0.25) is 11.8 Å². The normalized spacial score (nSPS) is 19.7. The topological polar surface area (TPSA) is 123 Å². The number of nitrogens with zero attached hydrogens (tertiary/aromatic N) is 6. The van der Waals surface area contributed by atoms with E-state index in [1.165, 1.54) is 6.92 Å². The van der Waals surface area contributed by atoms with Crippen molar-refractivity contribution in [3.05, 3.63) is 64.4 Å². The number of aryl methyl sites for hydroxylation is 2. The van der Waals surface area contributed by atoms with Gasteiger partial charge in [0.15, 0.2) is 5.78 Å². The number of carbonyl (C=O) groups is 3. The maximum Gasteiger partial charge on any atom is 0.248 e. The molecule has 1 N–H and O–H groups in total. The highest BCUT2D eigenvalue weighted by molar-refractivity contribution is 9.10. The van der Waals surface area contributed by atoms with Crippen LogP contribution in [0, 0.1) is 25.7 Å². The Morgan fingerprint density at radius 3 is 2.59 bits per heavy atom. The van der Waals surface area contributed by atoms with Crippen LogP contribution in [0.25, 0.3) is 22.0 Å². The fourth-order valence-corrected chi connectivity index (χ4v) is 5.69. The summed E-state index contributed by atoms with van der Waals surface area (Å²) in [5.74, 6) is 0.971. The van der Waals surface area contributed by atoms with E-state index < -0.39 is 6.04 Å². The second kappa shape index (κ2) is 9.64. The lowest BCUT2D eigenvalue weighted by Crippen LogP contribution is -2.47. The number of benzene rings is 1. The van der Waals surface area contributed by atoms with Gasteiger partial charge in [0.25, 0.3) is 0 Å². The van der Waals surface area contributed by atoms with Crippen LogP contribution in [0.4, 0.5) is 5.82 Å². The Balaban J connectivity index is 1.27. The zero-order chi connectivity index (χ0) is 27.4. The first-order valence-corrected chi connectivity index (χ1v) is 13.5. The van der Waals surface area contributed by atoms with Gasteiger partial charge in [-0.25, -0.2) is 15.0 Å². The van der Waals surface area contributed by atoms with E-state index in [4.69, 9.17) is 0 Å². The van der Waals surface area contributed by atoms with Crippen LogP contribution in [0.5, 0.6) is 0 Å². The largest absolute Gasteiger partial charge is 0.328 e. The number of aromatic nitrogens is 5. The van der Waals surface area contributed by atoms with Crippen LogP contribution < -0.4 is 5.32 Å². The lowest BCUT2D eigenvalue weighted by molar-refractivity contribution is -0.138. The molecule has 0 unspecified atom stereocenters. The first-order valence-electron chi connectivity index (χ1n) is 12.7. The van der Waals surface area contributed by atoms with Gasteiger partial charge < -0.3 is 10.2 Å². The number of halogens is 1. The molecule has 2 amide bonds. The van der Waals surface area contributed by atoms with E-state index in [1.54, 1.807) is 22.0 Å². The fourth-order valence-electron chi connectivity index (χ4n) is 5.38. The third kappa shape index (κ3) is 4.71. The van der Waals surface area contributed by atoms with Crippen LogP contribution in [-0.4, -0.2) is 59.8 Å². The number of Topliss-reactive ketones (excluding diaryl/α,β-unsaturated/α-hetero) is 1. The van der Waals surface area contributed by atoms with Crippen molar-refractivity contribution < 1.29 is 14.4 Å². The number of hydrogen-bond acceptors (Lipinski definition) is 7. The first-order chi connectivity index (χ1) is 18.7. The molecular formula is C28H26BrN7O3. The van der Waals surface area contributed by atoms with Gasteiger partial charge in [-0.15, -0.1) is 0 Å². The summed E-state index contributed by atoms with van der Waals surface area (Å²) < 4.78 is 2.18. The molecule has 1 aliphatic carbocycles. The third-order valence-electron chi connectivity index (χ3n) is 7.53. The van der Waals surface area contributed by atoms with Crippen molar-refractivity contribution in [2.75, 3.05) is 11.9 Å². The molecule has 4 aromatic rings. The lowest BCUT2D eigenvalue weighted by Gasteiger charge is -2.27. The number of piperidine rings is 1. The molecule has 1 saturated heterocycles. The molecular weight excluding hydrogens is 562 g/mol. The molecule has 1 aromatic carbocycles. The van der Waals surface area contributed by atoms with E-state index in [0.717, 1.165) is 23.1 Å². The van der Waals surface area contributed by atoms with Crippen molar-refractivity contribution >= 4 is 50.2 Å². The summed E-state index contributed by atoms with van der Waals surface area (Å²) in [7, 11) is 0. The number of likely N-dealkylation sites (tertiary alicyclic amines) is 1. The minimum Gasteiger partial charge on any atom is -0.328 e. The molecule has 10 nitrogen and oxygen atoms in total. The van der Waals surface area contributed by atoms with Gasteiger partial charge in [0, 0.05) is 36.8 Å². The predicted molar refractivity (Wildman–Crippen MR) is 148 cm³/mol. The molecule has 2 fully saturated rings. The van der Waals surface area contributed by atoms with Crippen LogP contribution >= 0.6 is 15.9 Å². The molecule has 0 spiro atoms. The van der Waals surface area contributed by atoms with E-state index in [0.29, 0.717) is 45.3 Å². The maximum atomic E-state index is 13.6.